The van der Waals surface area contributed by atoms with Gasteiger partial charge in [0.15, 0.2) is 5.84 Å². The highest BCUT2D eigenvalue weighted by atomic mass is 16.3. The Hall–Kier alpha value is -2.89. The zero-order chi connectivity index (χ0) is 17.4. The van der Waals surface area contributed by atoms with E-state index < -0.39 is 0 Å². The first-order chi connectivity index (χ1) is 12.2. The Morgan fingerprint density at radius 2 is 1.76 bits per heavy atom. The first kappa shape index (κ1) is 15.6. The van der Waals surface area contributed by atoms with E-state index in [-0.39, 0.29) is 17.3 Å². The van der Waals surface area contributed by atoms with E-state index in [1.165, 1.54) is 17.9 Å². The third-order valence-electron chi connectivity index (χ3n) is 4.88. The van der Waals surface area contributed by atoms with E-state index in [2.05, 4.69) is 10.1 Å². The largest absolute Gasteiger partial charge is 0.494 e. The minimum Gasteiger partial charge on any atom is -0.494 e. The maximum atomic E-state index is 12.6. The summed E-state index contributed by atoms with van der Waals surface area (Å²) in [5.41, 5.74) is 1.80. The van der Waals surface area contributed by atoms with Crippen molar-refractivity contribution in [1.82, 2.24) is 4.98 Å². The standard InChI is InChI=1S/C19H20N4O2/c20-17-15-16(22-23(17)13-10-6-3-7-11-13)14(18(24)21-19(15)25)12-8-4-1-2-5-9-12/h3,6-7,10-11,20,25H,1-2,4-5,8-9H2,(H,21,24). The number of aromatic nitrogens is 1. The summed E-state index contributed by atoms with van der Waals surface area (Å²) in [5, 5.41) is 25.6. The van der Waals surface area contributed by atoms with Gasteiger partial charge in [-0.05, 0) is 37.8 Å². The van der Waals surface area contributed by atoms with Crippen molar-refractivity contribution in [2.75, 3.05) is 5.01 Å². The van der Waals surface area contributed by atoms with E-state index in [0.29, 0.717) is 16.1 Å². The van der Waals surface area contributed by atoms with Crippen LogP contribution >= 0.6 is 0 Å². The van der Waals surface area contributed by atoms with Crippen LogP contribution < -0.4 is 21.1 Å². The SMILES string of the molecule is N=C1c2c(O)[nH]c(=O)c(=C3CCCCCC3)c2=NN1c1ccccc1. The van der Waals surface area contributed by atoms with Crippen molar-refractivity contribution in [1.29, 1.82) is 5.41 Å². The Balaban J connectivity index is 2.00. The second-order valence-electron chi connectivity index (χ2n) is 6.52. The van der Waals surface area contributed by atoms with Crippen LogP contribution in [0.3, 0.4) is 0 Å². The Bertz CT molecular complexity index is 998. The fourth-order valence-corrected chi connectivity index (χ4v) is 3.65. The topological polar surface area (TPSA) is 92.5 Å². The van der Waals surface area contributed by atoms with Gasteiger partial charge in [0.25, 0.3) is 5.56 Å². The van der Waals surface area contributed by atoms with Gasteiger partial charge in [-0.1, -0.05) is 36.6 Å². The summed E-state index contributed by atoms with van der Waals surface area (Å²) >= 11 is 0. The van der Waals surface area contributed by atoms with Crippen molar-refractivity contribution in [3.63, 3.8) is 0 Å². The molecule has 2 heterocycles. The van der Waals surface area contributed by atoms with Crippen LogP contribution in [0, 0.1) is 5.41 Å². The van der Waals surface area contributed by atoms with Gasteiger partial charge < -0.3 is 5.11 Å². The molecule has 1 fully saturated rings. The molecule has 1 aromatic carbocycles. The van der Waals surface area contributed by atoms with Crippen molar-refractivity contribution < 1.29 is 5.11 Å². The molecular formula is C19H20N4O2. The van der Waals surface area contributed by atoms with Crippen molar-refractivity contribution in [3.8, 4) is 5.88 Å². The summed E-state index contributed by atoms with van der Waals surface area (Å²) in [6.45, 7) is 0. The zero-order valence-electron chi connectivity index (χ0n) is 13.9. The summed E-state index contributed by atoms with van der Waals surface area (Å²) in [5.74, 6) is -0.212. The predicted octanol–water partition coefficient (Wildman–Crippen LogP) is 1.97. The minimum absolute atomic E-state index is 0.0745. The molecule has 3 N–H and O–H groups in total. The van der Waals surface area contributed by atoms with Crippen LogP contribution in [0.5, 0.6) is 5.88 Å². The van der Waals surface area contributed by atoms with Gasteiger partial charge in [0.05, 0.1) is 10.9 Å². The summed E-state index contributed by atoms with van der Waals surface area (Å²) in [4.78, 5) is 15.1. The molecule has 6 heteroatoms. The highest BCUT2D eigenvalue weighted by Crippen LogP contribution is 2.23. The fraction of sp³-hybridized carbons (Fsp3) is 0.316. The van der Waals surface area contributed by atoms with Gasteiger partial charge in [-0.25, -0.2) is 5.01 Å². The lowest BCUT2D eigenvalue weighted by Gasteiger charge is -2.13. The molecule has 4 rings (SSSR count). The average Bonchev–Trinajstić information content (AvgIpc) is 2.78. The third-order valence-corrected chi connectivity index (χ3v) is 4.88. The van der Waals surface area contributed by atoms with Crippen LogP contribution in [0.25, 0.3) is 5.57 Å². The number of benzene rings is 1. The first-order valence-corrected chi connectivity index (χ1v) is 8.67. The zero-order valence-corrected chi connectivity index (χ0v) is 13.9. The number of hydrogen-bond donors (Lipinski definition) is 3. The molecule has 0 atom stereocenters. The van der Waals surface area contributed by atoms with Crippen molar-refractivity contribution >= 4 is 17.1 Å². The summed E-state index contributed by atoms with van der Waals surface area (Å²) in [6.07, 6.45) is 6.20. The molecule has 1 aliphatic heterocycles. The lowest BCUT2D eigenvalue weighted by atomic mass is 10.0. The van der Waals surface area contributed by atoms with Crippen LogP contribution in [0.15, 0.2) is 40.2 Å². The highest BCUT2D eigenvalue weighted by molar-refractivity contribution is 6.10. The Kier molecular flexibility index (Phi) is 3.87. The number of aromatic hydroxyl groups is 1. The van der Waals surface area contributed by atoms with Gasteiger partial charge in [-0.3, -0.25) is 15.2 Å². The summed E-state index contributed by atoms with van der Waals surface area (Å²) < 4.78 is 0. The number of pyridine rings is 1. The number of aromatic amines is 1. The van der Waals surface area contributed by atoms with Crippen LogP contribution in [0.1, 0.15) is 44.1 Å². The Morgan fingerprint density at radius 1 is 1.08 bits per heavy atom. The van der Waals surface area contributed by atoms with E-state index in [1.807, 2.05) is 30.3 Å². The van der Waals surface area contributed by atoms with Gasteiger partial charge >= 0.3 is 0 Å². The monoisotopic (exact) mass is 336 g/mol. The normalized spacial score (nSPS) is 17.2. The van der Waals surface area contributed by atoms with Crippen molar-refractivity contribution in [3.05, 3.63) is 56.8 Å². The third kappa shape index (κ3) is 2.63. The minimum atomic E-state index is -0.320. The van der Waals surface area contributed by atoms with E-state index in [0.717, 1.165) is 36.9 Å². The molecule has 2 aliphatic rings. The molecule has 1 saturated carbocycles. The predicted molar refractivity (Wildman–Crippen MR) is 96.4 cm³/mol. The summed E-state index contributed by atoms with van der Waals surface area (Å²) in [7, 11) is 0. The molecule has 0 bridgehead atoms. The highest BCUT2D eigenvalue weighted by Gasteiger charge is 2.27. The fourth-order valence-electron chi connectivity index (χ4n) is 3.65. The summed E-state index contributed by atoms with van der Waals surface area (Å²) in [6, 6.07) is 9.33. The number of amidine groups is 1. The van der Waals surface area contributed by atoms with Crippen molar-refractivity contribution in [2.24, 2.45) is 5.10 Å². The van der Waals surface area contributed by atoms with Crippen molar-refractivity contribution in [2.45, 2.75) is 38.5 Å². The molecule has 2 aromatic rings. The number of fused-ring (bicyclic) bond motifs is 1. The van der Waals surface area contributed by atoms with Gasteiger partial charge in [0, 0.05) is 0 Å². The molecule has 6 nitrogen and oxygen atoms in total. The maximum absolute atomic E-state index is 12.6. The molecular weight excluding hydrogens is 316 g/mol. The average molecular weight is 336 g/mol. The lowest BCUT2D eigenvalue weighted by molar-refractivity contribution is 0.449. The number of hydrogen-bond acceptors (Lipinski definition) is 4. The van der Waals surface area contributed by atoms with E-state index in [9.17, 15) is 9.90 Å². The number of H-pyrrole nitrogens is 1. The lowest BCUT2D eigenvalue weighted by Crippen LogP contribution is -2.44. The number of rotatable bonds is 1. The molecule has 25 heavy (non-hydrogen) atoms. The second kappa shape index (κ2) is 6.20. The second-order valence-corrected chi connectivity index (χ2v) is 6.52. The van der Waals surface area contributed by atoms with E-state index in [1.54, 1.807) is 0 Å². The molecule has 1 aromatic heterocycles. The van der Waals surface area contributed by atoms with Crippen LogP contribution in [0.4, 0.5) is 5.69 Å². The molecule has 0 unspecified atom stereocenters. The Morgan fingerprint density at radius 3 is 2.44 bits per heavy atom. The molecule has 0 radical (unpaired) electrons. The molecule has 1 aliphatic carbocycles. The number of anilines is 1. The van der Waals surface area contributed by atoms with Gasteiger partial charge in [-0.15, -0.1) is 0 Å². The number of para-hydroxylation sites is 1. The van der Waals surface area contributed by atoms with Crippen LogP contribution in [-0.2, 0) is 0 Å². The first-order valence-electron chi connectivity index (χ1n) is 8.67. The Labute approximate surface area is 144 Å². The van der Waals surface area contributed by atoms with Crippen LogP contribution in [-0.4, -0.2) is 15.9 Å². The molecule has 0 saturated heterocycles. The van der Waals surface area contributed by atoms with Gasteiger partial charge in [-0.2, -0.15) is 5.10 Å². The van der Waals surface area contributed by atoms with E-state index >= 15 is 0 Å². The number of nitrogens with one attached hydrogen (secondary N) is 2. The quantitative estimate of drug-likeness (QED) is 0.695. The van der Waals surface area contributed by atoms with Gasteiger partial charge in [0.2, 0.25) is 5.88 Å². The molecule has 0 amide bonds. The molecule has 0 spiro atoms. The maximum Gasteiger partial charge on any atom is 0.260 e. The van der Waals surface area contributed by atoms with E-state index in [4.69, 9.17) is 5.41 Å². The molecule has 128 valence electrons. The van der Waals surface area contributed by atoms with Crippen LogP contribution in [0.2, 0.25) is 0 Å². The smallest absolute Gasteiger partial charge is 0.260 e. The van der Waals surface area contributed by atoms with Gasteiger partial charge in [0.1, 0.15) is 10.9 Å². The number of nitrogens with zero attached hydrogens (tertiary/aromatic N) is 2.